The first-order chi connectivity index (χ1) is 9.97. The first-order valence-corrected chi connectivity index (χ1v) is 9.82. The van der Waals surface area contributed by atoms with E-state index in [2.05, 4.69) is 5.32 Å². The van der Waals surface area contributed by atoms with Gasteiger partial charge in [0.2, 0.25) is 5.91 Å². The summed E-state index contributed by atoms with van der Waals surface area (Å²) >= 11 is 1.64. The molecule has 0 saturated carbocycles. The summed E-state index contributed by atoms with van der Waals surface area (Å²) in [5, 5.41) is 2.68. The third-order valence-corrected chi connectivity index (χ3v) is 5.42. The maximum atomic E-state index is 12.0. The molecular weight excluding hydrogens is 344 g/mol. The summed E-state index contributed by atoms with van der Waals surface area (Å²) in [6.07, 6.45) is 2.95. The molecule has 0 fully saturated rings. The summed E-state index contributed by atoms with van der Waals surface area (Å²) in [7, 11) is -3.28. The van der Waals surface area contributed by atoms with E-state index >= 15 is 0 Å². The average molecular weight is 367 g/mol. The van der Waals surface area contributed by atoms with Crippen molar-refractivity contribution in [3.05, 3.63) is 30.3 Å². The second kappa shape index (κ2) is 10.9. The van der Waals surface area contributed by atoms with Crippen LogP contribution in [0.2, 0.25) is 0 Å². The fourth-order valence-corrected chi connectivity index (χ4v) is 3.55. The number of hydrogen-bond acceptors (Lipinski definition) is 5. The van der Waals surface area contributed by atoms with Gasteiger partial charge in [-0.05, 0) is 37.0 Å². The molecule has 22 heavy (non-hydrogen) atoms. The van der Waals surface area contributed by atoms with Crippen molar-refractivity contribution in [3.63, 3.8) is 0 Å². The molecule has 126 valence electrons. The zero-order valence-electron chi connectivity index (χ0n) is 12.5. The fraction of sp³-hybridized carbons (Fsp3) is 0.500. The van der Waals surface area contributed by atoms with Crippen molar-refractivity contribution in [1.29, 1.82) is 0 Å². The Morgan fingerprint density at radius 2 is 1.95 bits per heavy atom. The molecule has 0 saturated heterocycles. The number of sulfone groups is 1. The van der Waals surface area contributed by atoms with Crippen LogP contribution in [0.25, 0.3) is 0 Å². The molecule has 1 atom stereocenters. The van der Waals surface area contributed by atoms with Crippen molar-refractivity contribution in [2.75, 3.05) is 24.3 Å². The van der Waals surface area contributed by atoms with Crippen molar-refractivity contribution in [2.24, 2.45) is 5.73 Å². The molecule has 0 aliphatic rings. The second-order valence-electron chi connectivity index (χ2n) is 4.66. The number of carbonyl (C=O) groups excluding carboxylic acids is 1. The molecular formula is C14H23ClN2O3S2. The van der Waals surface area contributed by atoms with Crippen LogP contribution in [0, 0.1) is 0 Å². The van der Waals surface area contributed by atoms with Crippen molar-refractivity contribution < 1.29 is 13.2 Å². The zero-order valence-corrected chi connectivity index (χ0v) is 15.0. The first-order valence-electron chi connectivity index (χ1n) is 6.77. The Kier molecular flexibility index (Phi) is 10.5. The van der Waals surface area contributed by atoms with Gasteiger partial charge >= 0.3 is 0 Å². The maximum Gasteiger partial charge on any atom is 0.236 e. The highest BCUT2D eigenvalue weighted by molar-refractivity contribution is 7.98. The number of nitrogens with one attached hydrogen (secondary N) is 1. The molecule has 1 aromatic rings. The van der Waals surface area contributed by atoms with Crippen LogP contribution in [0.15, 0.2) is 35.2 Å². The second-order valence-corrected chi connectivity index (χ2v) is 7.76. The lowest BCUT2D eigenvalue weighted by Crippen LogP contribution is -2.41. The smallest absolute Gasteiger partial charge is 0.236 e. The number of carbonyl (C=O) groups is 1. The third kappa shape index (κ3) is 7.49. The van der Waals surface area contributed by atoms with Gasteiger partial charge in [0.15, 0.2) is 9.84 Å². The number of halogens is 1. The van der Waals surface area contributed by atoms with E-state index in [1.54, 1.807) is 42.1 Å². The van der Waals surface area contributed by atoms with E-state index in [-0.39, 0.29) is 24.1 Å². The van der Waals surface area contributed by atoms with E-state index in [0.29, 0.717) is 24.3 Å². The molecule has 0 unspecified atom stereocenters. The van der Waals surface area contributed by atoms with Gasteiger partial charge in [-0.2, -0.15) is 11.8 Å². The van der Waals surface area contributed by atoms with E-state index < -0.39 is 15.9 Å². The van der Waals surface area contributed by atoms with E-state index in [9.17, 15) is 13.2 Å². The molecule has 0 heterocycles. The summed E-state index contributed by atoms with van der Waals surface area (Å²) in [6, 6.07) is 7.79. The lowest BCUT2D eigenvalue weighted by atomic mass is 10.2. The number of thioether (sulfide) groups is 1. The van der Waals surface area contributed by atoms with Gasteiger partial charge < -0.3 is 11.1 Å². The van der Waals surface area contributed by atoms with Crippen molar-refractivity contribution in [3.8, 4) is 0 Å². The van der Waals surface area contributed by atoms with Crippen molar-refractivity contribution in [2.45, 2.75) is 23.8 Å². The number of hydrogen-bond donors (Lipinski definition) is 2. The highest BCUT2D eigenvalue weighted by atomic mass is 35.5. The summed E-state index contributed by atoms with van der Waals surface area (Å²) in [5.41, 5.74) is 5.72. The van der Waals surface area contributed by atoms with Gasteiger partial charge in [0.05, 0.1) is 16.7 Å². The van der Waals surface area contributed by atoms with Crippen LogP contribution in [0.1, 0.15) is 12.8 Å². The molecule has 1 rings (SSSR count). The minimum atomic E-state index is -3.28. The van der Waals surface area contributed by atoms with Crippen LogP contribution in [0.5, 0.6) is 0 Å². The van der Waals surface area contributed by atoms with Crippen LogP contribution in [-0.2, 0) is 14.6 Å². The first kappa shape index (κ1) is 21.2. The predicted molar refractivity (Wildman–Crippen MR) is 94.3 cm³/mol. The predicted octanol–water partition coefficient (Wildman–Crippen LogP) is 1.47. The Morgan fingerprint density at radius 1 is 1.32 bits per heavy atom. The standard InChI is InChI=1S/C14H22N2O3S2.ClH/c1-20-10-8-13(15)14(17)16-9-5-11-21(18,19)12-6-3-2-4-7-12;/h2-4,6-7,13H,5,8-11,15H2,1H3,(H,16,17);1H/t13-;/m0./s1. The van der Waals surface area contributed by atoms with E-state index in [1.165, 1.54) is 0 Å². The molecule has 0 bridgehead atoms. The lowest BCUT2D eigenvalue weighted by molar-refractivity contribution is -0.122. The average Bonchev–Trinajstić information content (AvgIpc) is 2.49. The van der Waals surface area contributed by atoms with Gasteiger partial charge in [-0.1, -0.05) is 18.2 Å². The van der Waals surface area contributed by atoms with Gasteiger partial charge in [0, 0.05) is 6.54 Å². The van der Waals surface area contributed by atoms with Crippen molar-refractivity contribution >= 4 is 39.9 Å². The van der Waals surface area contributed by atoms with Gasteiger partial charge in [-0.3, -0.25) is 4.79 Å². The topological polar surface area (TPSA) is 89.3 Å². The van der Waals surface area contributed by atoms with Crippen LogP contribution in [0.3, 0.4) is 0 Å². The van der Waals surface area contributed by atoms with Crippen LogP contribution >= 0.6 is 24.2 Å². The summed E-state index contributed by atoms with van der Waals surface area (Å²) in [6.45, 7) is 0.317. The Hall–Kier alpha value is -0.760. The zero-order chi connectivity index (χ0) is 15.7. The molecule has 1 aromatic carbocycles. The maximum absolute atomic E-state index is 12.0. The van der Waals surface area contributed by atoms with E-state index in [0.717, 1.165) is 5.75 Å². The summed E-state index contributed by atoms with van der Waals surface area (Å²) in [5.74, 6) is 0.620. The van der Waals surface area contributed by atoms with Crippen molar-refractivity contribution in [1.82, 2.24) is 5.32 Å². The normalized spacial score (nSPS) is 12.3. The molecule has 3 N–H and O–H groups in total. The lowest BCUT2D eigenvalue weighted by Gasteiger charge is -2.11. The molecule has 5 nitrogen and oxygen atoms in total. The largest absolute Gasteiger partial charge is 0.355 e. The molecule has 8 heteroatoms. The Morgan fingerprint density at radius 3 is 2.55 bits per heavy atom. The molecule has 1 amide bonds. The minimum absolute atomic E-state index is 0. The number of benzene rings is 1. The summed E-state index contributed by atoms with van der Waals surface area (Å²) in [4.78, 5) is 12.0. The molecule has 0 aromatic heterocycles. The Labute approximate surface area is 142 Å². The van der Waals surface area contributed by atoms with E-state index in [4.69, 9.17) is 5.73 Å². The van der Waals surface area contributed by atoms with Gasteiger partial charge in [-0.25, -0.2) is 8.42 Å². The third-order valence-electron chi connectivity index (χ3n) is 2.96. The number of rotatable bonds is 9. The van der Waals surface area contributed by atoms with Crippen LogP contribution in [-0.4, -0.2) is 44.7 Å². The Balaban J connectivity index is 0.00000441. The quantitative estimate of drug-likeness (QED) is 0.646. The van der Waals surface area contributed by atoms with Gasteiger partial charge in [-0.15, -0.1) is 12.4 Å². The monoisotopic (exact) mass is 366 g/mol. The highest BCUT2D eigenvalue weighted by Crippen LogP contribution is 2.10. The van der Waals surface area contributed by atoms with Gasteiger partial charge in [0.25, 0.3) is 0 Å². The molecule has 0 spiro atoms. The summed E-state index contributed by atoms with van der Waals surface area (Å²) < 4.78 is 24.0. The SMILES string of the molecule is CSCC[C@H](N)C(=O)NCCCS(=O)(=O)c1ccccc1.Cl. The highest BCUT2D eigenvalue weighted by Gasteiger charge is 2.15. The molecule has 0 radical (unpaired) electrons. The minimum Gasteiger partial charge on any atom is -0.355 e. The fourth-order valence-electron chi connectivity index (χ4n) is 1.73. The molecule has 0 aliphatic carbocycles. The van der Waals surface area contributed by atoms with Crippen LogP contribution in [0.4, 0.5) is 0 Å². The van der Waals surface area contributed by atoms with Crippen LogP contribution < -0.4 is 11.1 Å². The number of amides is 1. The molecule has 0 aliphatic heterocycles. The number of nitrogens with two attached hydrogens (primary N) is 1. The Bertz CT molecular complexity index is 538. The van der Waals surface area contributed by atoms with Gasteiger partial charge in [0.1, 0.15) is 0 Å². The van der Waals surface area contributed by atoms with E-state index in [1.807, 2.05) is 6.26 Å².